The van der Waals surface area contributed by atoms with Crippen molar-refractivity contribution in [3.8, 4) is 0 Å². The molecule has 4 unspecified atom stereocenters. The largest absolute Gasteiger partial charge is 0.392 e. The molecule has 1 nitrogen and oxygen atoms in total. The Labute approximate surface area is 106 Å². The zero-order chi connectivity index (χ0) is 11.9. The molecule has 88 valence electrons. The molecule has 1 fully saturated rings. The lowest BCUT2D eigenvalue weighted by molar-refractivity contribution is -0.129. The van der Waals surface area contributed by atoms with Crippen LogP contribution in [0, 0.1) is 11.3 Å². The fraction of sp³-hybridized carbons (Fsp3) is 0.571. The lowest BCUT2D eigenvalue weighted by atomic mass is 9.50. The van der Waals surface area contributed by atoms with Gasteiger partial charge in [0.1, 0.15) is 0 Å². The van der Waals surface area contributed by atoms with Gasteiger partial charge in [0.15, 0.2) is 0 Å². The van der Waals surface area contributed by atoms with Gasteiger partial charge in [0.25, 0.3) is 0 Å². The van der Waals surface area contributed by atoms with E-state index in [1.807, 2.05) is 6.07 Å². The second kappa shape index (κ2) is 4.15. The fourth-order valence-electron chi connectivity index (χ4n) is 3.26. The van der Waals surface area contributed by atoms with Crippen molar-refractivity contribution >= 4 is 15.9 Å². The molecular formula is C14H19BrO. The average Bonchev–Trinajstić information content (AvgIpc) is 2.28. The number of hydrogen-bond acceptors (Lipinski definition) is 1. The van der Waals surface area contributed by atoms with Gasteiger partial charge in [0.2, 0.25) is 0 Å². The van der Waals surface area contributed by atoms with E-state index >= 15 is 0 Å². The second-order valence-corrected chi connectivity index (χ2v) is 6.11. The van der Waals surface area contributed by atoms with E-state index in [9.17, 15) is 5.11 Å². The third kappa shape index (κ3) is 1.63. The highest BCUT2D eigenvalue weighted by Gasteiger charge is 2.55. The summed E-state index contributed by atoms with van der Waals surface area (Å²) < 4.78 is 1.12. The molecule has 2 rings (SSSR count). The van der Waals surface area contributed by atoms with Gasteiger partial charge in [-0.05, 0) is 36.0 Å². The van der Waals surface area contributed by atoms with Crippen LogP contribution in [0.2, 0.25) is 0 Å². The van der Waals surface area contributed by atoms with Crippen molar-refractivity contribution in [2.24, 2.45) is 11.3 Å². The van der Waals surface area contributed by atoms with Crippen LogP contribution >= 0.6 is 15.9 Å². The Morgan fingerprint density at radius 1 is 1.44 bits per heavy atom. The Balaban J connectivity index is 2.34. The average molecular weight is 283 g/mol. The normalized spacial score (nSPS) is 38.2. The zero-order valence-electron chi connectivity index (χ0n) is 10.1. The molecule has 0 saturated heterocycles. The SMILES string of the molecule is CCC1(C)C(O)C(C)C1c1cccc(Br)c1. The second-order valence-electron chi connectivity index (χ2n) is 5.20. The van der Waals surface area contributed by atoms with E-state index in [4.69, 9.17) is 0 Å². The highest BCUT2D eigenvalue weighted by Crippen LogP contribution is 2.58. The zero-order valence-corrected chi connectivity index (χ0v) is 11.7. The predicted molar refractivity (Wildman–Crippen MR) is 70.5 cm³/mol. The van der Waals surface area contributed by atoms with Crippen LogP contribution in [0.5, 0.6) is 0 Å². The molecule has 0 bridgehead atoms. The van der Waals surface area contributed by atoms with Crippen molar-refractivity contribution in [2.75, 3.05) is 0 Å². The molecule has 0 aromatic heterocycles. The number of hydrogen-bond donors (Lipinski definition) is 1. The van der Waals surface area contributed by atoms with Crippen molar-refractivity contribution in [1.29, 1.82) is 0 Å². The molecule has 2 heteroatoms. The van der Waals surface area contributed by atoms with Crippen LogP contribution in [0.25, 0.3) is 0 Å². The van der Waals surface area contributed by atoms with Crippen molar-refractivity contribution < 1.29 is 5.11 Å². The van der Waals surface area contributed by atoms with Gasteiger partial charge in [-0.2, -0.15) is 0 Å². The highest BCUT2D eigenvalue weighted by molar-refractivity contribution is 9.10. The molecular weight excluding hydrogens is 264 g/mol. The Bertz CT molecular complexity index is 390. The summed E-state index contributed by atoms with van der Waals surface area (Å²) in [4.78, 5) is 0. The molecule has 1 aromatic rings. The van der Waals surface area contributed by atoms with Gasteiger partial charge in [0.05, 0.1) is 6.10 Å². The van der Waals surface area contributed by atoms with Crippen molar-refractivity contribution in [2.45, 2.75) is 39.2 Å². The first-order valence-corrected chi connectivity index (χ1v) is 6.73. The van der Waals surface area contributed by atoms with E-state index in [-0.39, 0.29) is 11.5 Å². The van der Waals surface area contributed by atoms with Crippen molar-refractivity contribution in [1.82, 2.24) is 0 Å². The maximum atomic E-state index is 10.1. The first kappa shape index (κ1) is 12.1. The van der Waals surface area contributed by atoms with Gasteiger partial charge in [-0.3, -0.25) is 0 Å². The predicted octanol–water partition coefficient (Wildman–Crippen LogP) is 3.96. The monoisotopic (exact) mass is 282 g/mol. The number of rotatable bonds is 2. The van der Waals surface area contributed by atoms with Gasteiger partial charge in [-0.25, -0.2) is 0 Å². The smallest absolute Gasteiger partial charge is 0.0631 e. The third-order valence-electron chi connectivity index (χ3n) is 4.38. The fourth-order valence-corrected chi connectivity index (χ4v) is 3.68. The van der Waals surface area contributed by atoms with Gasteiger partial charge in [0, 0.05) is 9.89 Å². The van der Waals surface area contributed by atoms with E-state index in [0.29, 0.717) is 11.8 Å². The molecule has 4 atom stereocenters. The van der Waals surface area contributed by atoms with Gasteiger partial charge >= 0.3 is 0 Å². The molecule has 0 aliphatic heterocycles. The van der Waals surface area contributed by atoms with Gasteiger partial charge < -0.3 is 5.11 Å². The minimum atomic E-state index is -0.165. The van der Waals surface area contributed by atoms with Crippen LogP contribution in [0.4, 0.5) is 0 Å². The summed E-state index contributed by atoms with van der Waals surface area (Å²) in [6.45, 7) is 6.51. The summed E-state index contributed by atoms with van der Waals surface area (Å²) in [6, 6.07) is 8.48. The van der Waals surface area contributed by atoms with Crippen LogP contribution in [-0.4, -0.2) is 11.2 Å². The van der Waals surface area contributed by atoms with Crippen LogP contribution in [0.15, 0.2) is 28.7 Å². The standard InChI is InChI=1S/C14H19BrO/c1-4-14(3)12(9(2)13(14)16)10-6-5-7-11(15)8-10/h5-9,12-13,16H,4H2,1-3H3. The van der Waals surface area contributed by atoms with E-state index < -0.39 is 0 Å². The van der Waals surface area contributed by atoms with Crippen molar-refractivity contribution in [3.63, 3.8) is 0 Å². The van der Waals surface area contributed by atoms with Crippen LogP contribution < -0.4 is 0 Å². The lowest BCUT2D eigenvalue weighted by Gasteiger charge is -2.57. The molecule has 0 spiro atoms. The third-order valence-corrected chi connectivity index (χ3v) is 4.87. The molecule has 1 aliphatic carbocycles. The lowest BCUT2D eigenvalue weighted by Crippen LogP contribution is -2.56. The first-order valence-electron chi connectivity index (χ1n) is 5.94. The maximum Gasteiger partial charge on any atom is 0.0631 e. The summed E-state index contributed by atoms with van der Waals surface area (Å²) in [7, 11) is 0. The van der Waals surface area contributed by atoms with Crippen LogP contribution in [0.1, 0.15) is 38.7 Å². The number of aliphatic hydroxyl groups is 1. The van der Waals surface area contributed by atoms with Crippen LogP contribution in [-0.2, 0) is 0 Å². The minimum Gasteiger partial charge on any atom is -0.392 e. The summed E-state index contributed by atoms with van der Waals surface area (Å²) >= 11 is 3.52. The highest BCUT2D eigenvalue weighted by atomic mass is 79.9. The molecule has 0 amide bonds. The summed E-state index contributed by atoms with van der Waals surface area (Å²) in [5.41, 5.74) is 1.39. The maximum absolute atomic E-state index is 10.1. The molecule has 1 aliphatic rings. The van der Waals surface area contributed by atoms with E-state index in [0.717, 1.165) is 10.9 Å². The summed E-state index contributed by atoms with van der Waals surface area (Å²) in [5, 5.41) is 10.1. The number of halogens is 1. The van der Waals surface area contributed by atoms with E-state index in [2.05, 4.69) is 54.9 Å². The molecule has 0 radical (unpaired) electrons. The van der Waals surface area contributed by atoms with Crippen molar-refractivity contribution in [3.05, 3.63) is 34.3 Å². The summed E-state index contributed by atoms with van der Waals surface area (Å²) in [5.74, 6) is 0.837. The molecule has 1 saturated carbocycles. The molecule has 0 heterocycles. The molecule has 16 heavy (non-hydrogen) atoms. The topological polar surface area (TPSA) is 20.2 Å². The molecule has 1 N–H and O–H groups in total. The van der Waals surface area contributed by atoms with E-state index in [1.165, 1.54) is 5.56 Å². The Kier molecular flexibility index (Phi) is 3.15. The Hall–Kier alpha value is -0.340. The molecule has 1 aromatic carbocycles. The minimum absolute atomic E-state index is 0.0419. The van der Waals surface area contributed by atoms with Gasteiger partial charge in [-0.15, -0.1) is 0 Å². The first-order chi connectivity index (χ1) is 7.50. The summed E-state index contributed by atoms with van der Waals surface area (Å²) in [6.07, 6.45) is 0.858. The Morgan fingerprint density at radius 2 is 2.12 bits per heavy atom. The van der Waals surface area contributed by atoms with E-state index in [1.54, 1.807) is 0 Å². The number of benzene rings is 1. The Morgan fingerprint density at radius 3 is 2.69 bits per heavy atom. The quantitative estimate of drug-likeness (QED) is 0.871. The van der Waals surface area contributed by atoms with Crippen LogP contribution in [0.3, 0.4) is 0 Å². The number of aliphatic hydroxyl groups excluding tert-OH is 1. The van der Waals surface area contributed by atoms with Gasteiger partial charge in [-0.1, -0.05) is 48.8 Å².